The Balaban J connectivity index is 1.71. The Morgan fingerprint density at radius 1 is 1.17 bits per heavy atom. The Morgan fingerprint density at radius 2 is 1.75 bits per heavy atom. The largest absolute Gasteiger partial charge is 0.416 e. The van der Waals surface area contributed by atoms with Crippen LogP contribution in [0.1, 0.15) is 42.9 Å². The van der Waals surface area contributed by atoms with E-state index in [4.69, 9.17) is 0 Å². The van der Waals surface area contributed by atoms with Crippen LogP contribution < -0.4 is 5.32 Å². The second-order valence-electron chi connectivity index (χ2n) is 6.27. The zero-order chi connectivity index (χ0) is 17.5. The Morgan fingerprint density at radius 3 is 2.29 bits per heavy atom. The van der Waals surface area contributed by atoms with Crippen molar-refractivity contribution < 1.29 is 27.9 Å². The molecule has 1 spiro atoms. The molecule has 2 aliphatic rings. The molecule has 1 saturated carbocycles. The van der Waals surface area contributed by atoms with Crippen LogP contribution in [0.2, 0.25) is 0 Å². The van der Waals surface area contributed by atoms with Crippen molar-refractivity contribution in [3.63, 3.8) is 0 Å². The lowest BCUT2D eigenvalue weighted by Gasteiger charge is -2.21. The van der Waals surface area contributed by atoms with E-state index < -0.39 is 29.4 Å². The van der Waals surface area contributed by atoms with Gasteiger partial charge in [-0.2, -0.15) is 13.2 Å². The van der Waals surface area contributed by atoms with Crippen molar-refractivity contribution in [2.75, 3.05) is 6.54 Å². The lowest BCUT2D eigenvalue weighted by Crippen LogP contribution is -2.44. The summed E-state index contributed by atoms with van der Waals surface area (Å²) in [5, 5.41) is 12.9. The number of aliphatic hydroxyl groups excluding tert-OH is 1. The van der Waals surface area contributed by atoms with Crippen molar-refractivity contribution in [3.05, 3.63) is 35.4 Å². The van der Waals surface area contributed by atoms with Crippen LogP contribution in [0.4, 0.5) is 18.0 Å². The first-order valence-corrected chi connectivity index (χ1v) is 7.72. The predicted octanol–water partition coefficient (Wildman–Crippen LogP) is 2.60. The van der Waals surface area contributed by atoms with Crippen LogP contribution in [0.15, 0.2) is 24.3 Å². The third kappa shape index (κ3) is 2.86. The lowest BCUT2D eigenvalue weighted by molar-refractivity contribution is -0.137. The maximum Gasteiger partial charge on any atom is 0.416 e. The quantitative estimate of drug-likeness (QED) is 0.830. The second kappa shape index (κ2) is 5.77. The molecule has 1 aliphatic heterocycles. The standard InChI is InChI=1S/C16H17F3N2O3/c17-16(18,19)11-5-3-10(4-6-11)12(22)9-21-13(23)15(20-14(21)24)7-1-2-8-15/h3-6,12,22H,1-2,7-9H2,(H,20,24). The zero-order valence-electron chi connectivity index (χ0n) is 12.8. The molecule has 8 heteroatoms. The number of aliphatic hydroxyl groups is 1. The number of urea groups is 1. The van der Waals surface area contributed by atoms with E-state index in [2.05, 4.69) is 5.32 Å². The number of hydrogen-bond acceptors (Lipinski definition) is 3. The van der Waals surface area contributed by atoms with Gasteiger partial charge in [-0.1, -0.05) is 25.0 Å². The number of halogens is 3. The summed E-state index contributed by atoms with van der Waals surface area (Å²) in [7, 11) is 0. The van der Waals surface area contributed by atoms with E-state index >= 15 is 0 Å². The molecule has 0 radical (unpaired) electrons. The van der Waals surface area contributed by atoms with Crippen molar-refractivity contribution in [2.45, 2.75) is 43.5 Å². The summed E-state index contributed by atoms with van der Waals surface area (Å²) in [5.74, 6) is -0.365. The van der Waals surface area contributed by atoms with Crippen LogP contribution in [0.3, 0.4) is 0 Å². The van der Waals surface area contributed by atoms with Crippen molar-refractivity contribution in [3.8, 4) is 0 Å². The van der Waals surface area contributed by atoms with E-state index in [0.717, 1.165) is 42.0 Å². The highest BCUT2D eigenvalue weighted by Crippen LogP contribution is 2.36. The van der Waals surface area contributed by atoms with Gasteiger partial charge in [-0.3, -0.25) is 9.69 Å². The van der Waals surface area contributed by atoms with Crippen molar-refractivity contribution in [1.29, 1.82) is 0 Å². The van der Waals surface area contributed by atoms with E-state index in [0.29, 0.717) is 12.8 Å². The average molecular weight is 342 g/mol. The van der Waals surface area contributed by atoms with Gasteiger partial charge in [0, 0.05) is 0 Å². The fourth-order valence-corrected chi connectivity index (χ4v) is 3.33. The van der Waals surface area contributed by atoms with E-state index in [-0.39, 0.29) is 18.0 Å². The molecule has 130 valence electrons. The van der Waals surface area contributed by atoms with E-state index in [1.165, 1.54) is 0 Å². The third-order valence-corrected chi connectivity index (χ3v) is 4.68. The molecular formula is C16H17F3N2O3. The van der Waals surface area contributed by atoms with Gasteiger partial charge in [0.25, 0.3) is 5.91 Å². The third-order valence-electron chi connectivity index (χ3n) is 4.68. The van der Waals surface area contributed by atoms with E-state index in [1.807, 2.05) is 0 Å². The summed E-state index contributed by atoms with van der Waals surface area (Å²) in [6, 6.07) is 3.47. The molecule has 0 bridgehead atoms. The smallest absolute Gasteiger partial charge is 0.387 e. The highest BCUT2D eigenvalue weighted by Gasteiger charge is 2.52. The van der Waals surface area contributed by atoms with Crippen LogP contribution in [-0.4, -0.2) is 34.0 Å². The zero-order valence-corrected chi connectivity index (χ0v) is 12.8. The predicted molar refractivity (Wildman–Crippen MR) is 77.8 cm³/mol. The molecule has 1 saturated heterocycles. The number of nitrogens with zero attached hydrogens (tertiary/aromatic N) is 1. The minimum atomic E-state index is -4.46. The van der Waals surface area contributed by atoms with Crippen molar-refractivity contribution in [2.24, 2.45) is 0 Å². The van der Waals surface area contributed by atoms with Gasteiger partial charge < -0.3 is 10.4 Å². The number of hydrogen-bond donors (Lipinski definition) is 2. The molecule has 2 N–H and O–H groups in total. The topological polar surface area (TPSA) is 69.6 Å². The van der Waals surface area contributed by atoms with Gasteiger partial charge in [0.2, 0.25) is 0 Å². The number of benzene rings is 1. The first-order chi connectivity index (χ1) is 11.2. The van der Waals surface area contributed by atoms with Crippen molar-refractivity contribution >= 4 is 11.9 Å². The van der Waals surface area contributed by atoms with Gasteiger partial charge >= 0.3 is 12.2 Å². The average Bonchev–Trinajstić information content (AvgIpc) is 3.08. The molecule has 0 aromatic heterocycles. The number of carbonyl (C=O) groups excluding carboxylic acids is 2. The molecule has 24 heavy (non-hydrogen) atoms. The number of rotatable bonds is 3. The lowest BCUT2D eigenvalue weighted by atomic mass is 9.98. The van der Waals surface area contributed by atoms with Gasteiger partial charge in [-0.25, -0.2) is 4.79 Å². The van der Waals surface area contributed by atoms with Crippen molar-refractivity contribution in [1.82, 2.24) is 10.2 Å². The summed E-state index contributed by atoms with van der Waals surface area (Å²) in [6.45, 7) is -0.280. The number of carbonyl (C=O) groups is 2. The minimum Gasteiger partial charge on any atom is -0.387 e. The summed E-state index contributed by atoms with van der Waals surface area (Å²) >= 11 is 0. The molecule has 2 fully saturated rings. The summed E-state index contributed by atoms with van der Waals surface area (Å²) in [5.41, 5.74) is -1.47. The summed E-state index contributed by atoms with van der Waals surface area (Å²) in [6.07, 6.45) is -2.85. The number of nitrogens with one attached hydrogen (secondary N) is 1. The van der Waals surface area contributed by atoms with Crippen LogP contribution in [0.5, 0.6) is 0 Å². The maximum atomic E-state index is 12.6. The number of β-amino-alcohol motifs (C(OH)–C–C–N with tert-alkyl or cyclic N) is 1. The highest BCUT2D eigenvalue weighted by atomic mass is 19.4. The van der Waals surface area contributed by atoms with Crippen LogP contribution >= 0.6 is 0 Å². The first-order valence-electron chi connectivity index (χ1n) is 7.72. The molecule has 1 heterocycles. The Kier molecular flexibility index (Phi) is 4.03. The van der Waals surface area contributed by atoms with Crippen LogP contribution in [-0.2, 0) is 11.0 Å². The monoisotopic (exact) mass is 342 g/mol. The molecule has 1 aliphatic carbocycles. The number of imide groups is 1. The van der Waals surface area contributed by atoms with E-state index in [9.17, 15) is 27.9 Å². The molecule has 3 rings (SSSR count). The van der Waals surface area contributed by atoms with Gasteiger partial charge in [0.1, 0.15) is 5.54 Å². The maximum absolute atomic E-state index is 12.6. The molecule has 1 unspecified atom stereocenters. The fourth-order valence-electron chi connectivity index (χ4n) is 3.33. The highest BCUT2D eigenvalue weighted by molar-refractivity contribution is 6.07. The second-order valence-corrected chi connectivity index (χ2v) is 6.27. The van der Waals surface area contributed by atoms with Crippen LogP contribution in [0, 0.1) is 0 Å². The van der Waals surface area contributed by atoms with E-state index in [1.54, 1.807) is 0 Å². The normalized spacial score (nSPS) is 21.4. The first kappa shape index (κ1) is 16.8. The Hall–Kier alpha value is -2.09. The SMILES string of the molecule is O=C1NC2(CCCC2)C(=O)N1CC(O)c1ccc(C(F)(F)F)cc1. The molecule has 3 amide bonds. The summed E-state index contributed by atoms with van der Waals surface area (Å²) in [4.78, 5) is 25.5. The van der Waals surface area contributed by atoms with Gasteiger partial charge in [0.05, 0.1) is 18.2 Å². The Bertz CT molecular complexity index is 652. The molecule has 5 nitrogen and oxygen atoms in total. The minimum absolute atomic E-state index is 0.218. The molecule has 1 aromatic rings. The summed E-state index contributed by atoms with van der Waals surface area (Å²) < 4.78 is 37.7. The van der Waals surface area contributed by atoms with Gasteiger partial charge in [-0.15, -0.1) is 0 Å². The number of alkyl halides is 3. The van der Waals surface area contributed by atoms with Crippen LogP contribution in [0.25, 0.3) is 0 Å². The van der Waals surface area contributed by atoms with Gasteiger partial charge in [0.15, 0.2) is 0 Å². The molecule has 1 atom stereocenters. The Labute approximate surface area is 136 Å². The number of amides is 3. The van der Waals surface area contributed by atoms with Gasteiger partial charge in [-0.05, 0) is 30.5 Å². The fraction of sp³-hybridized carbons (Fsp3) is 0.500. The molecular weight excluding hydrogens is 325 g/mol. The molecule has 1 aromatic carbocycles.